The normalized spacial score (nSPS) is 9.75. The smallest absolute Gasteiger partial charge is 0.260 e. The quantitative estimate of drug-likeness (QED) is 0.824. The molecule has 2 N–H and O–H groups in total. The van der Waals surface area contributed by atoms with Crippen molar-refractivity contribution < 1.29 is 14.3 Å². The first-order valence-electron chi connectivity index (χ1n) is 5.61. The number of hydrogen-bond acceptors (Lipinski definition) is 5. The van der Waals surface area contributed by atoms with E-state index in [4.69, 9.17) is 5.11 Å². The molecule has 20 heavy (non-hydrogen) atoms. The molecule has 1 aromatic heterocycles. The van der Waals surface area contributed by atoms with Crippen LogP contribution in [0.15, 0.2) is 18.2 Å². The van der Waals surface area contributed by atoms with Gasteiger partial charge in [0.05, 0.1) is 5.56 Å². The first kappa shape index (κ1) is 14.1. The third-order valence-electron chi connectivity index (χ3n) is 2.27. The number of aromatic nitrogens is 2. The van der Waals surface area contributed by atoms with Crippen LogP contribution >= 0.6 is 11.5 Å². The van der Waals surface area contributed by atoms with E-state index in [1.807, 2.05) is 0 Å². The first-order valence-corrected chi connectivity index (χ1v) is 6.38. The minimum atomic E-state index is -0.687. The van der Waals surface area contributed by atoms with Gasteiger partial charge >= 0.3 is 0 Å². The molecule has 0 bridgehead atoms. The highest BCUT2D eigenvalue weighted by atomic mass is 32.1. The van der Waals surface area contributed by atoms with Crippen molar-refractivity contribution in [1.82, 2.24) is 9.36 Å². The Morgan fingerprint density at radius 1 is 1.55 bits per heavy atom. The largest absolute Gasteiger partial charge is 0.384 e. The van der Waals surface area contributed by atoms with Gasteiger partial charge in [0, 0.05) is 17.1 Å². The van der Waals surface area contributed by atoms with Gasteiger partial charge in [-0.05, 0) is 25.1 Å². The molecule has 102 valence electrons. The first-order chi connectivity index (χ1) is 9.60. The van der Waals surface area contributed by atoms with Gasteiger partial charge in [0.2, 0.25) is 5.13 Å². The fraction of sp³-hybridized carbons (Fsp3) is 0.154. The maximum atomic E-state index is 13.8. The number of halogens is 1. The minimum absolute atomic E-state index is 0.104. The Kier molecular flexibility index (Phi) is 4.40. The third kappa shape index (κ3) is 3.38. The van der Waals surface area contributed by atoms with Crippen LogP contribution in [-0.4, -0.2) is 27.0 Å². The number of anilines is 1. The molecule has 2 aromatic rings. The lowest BCUT2D eigenvalue weighted by Crippen LogP contribution is -2.13. The highest BCUT2D eigenvalue weighted by molar-refractivity contribution is 7.09. The van der Waals surface area contributed by atoms with E-state index in [0.29, 0.717) is 16.5 Å². The van der Waals surface area contributed by atoms with Crippen molar-refractivity contribution in [1.29, 1.82) is 0 Å². The standard InChI is InChI=1S/C13H10FN3O2S/c1-8-15-13(20-17-8)16-12(19)10-5-4-9(3-2-6-18)7-11(10)14/h4-5,7,18H,6H2,1H3,(H,15,16,17,19). The summed E-state index contributed by atoms with van der Waals surface area (Å²) in [4.78, 5) is 15.8. The lowest BCUT2D eigenvalue weighted by atomic mass is 10.1. The molecule has 1 heterocycles. The van der Waals surface area contributed by atoms with Crippen LogP contribution in [0.3, 0.4) is 0 Å². The van der Waals surface area contributed by atoms with Crippen molar-refractivity contribution in [3.63, 3.8) is 0 Å². The number of carbonyl (C=O) groups is 1. The molecule has 0 fully saturated rings. The van der Waals surface area contributed by atoms with E-state index in [9.17, 15) is 9.18 Å². The second kappa shape index (κ2) is 6.23. The lowest BCUT2D eigenvalue weighted by molar-refractivity contribution is 0.102. The SMILES string of the molecule is Cc1nsc(NC(=O)c2ccc(C#CCO)cc2F)n1. The minimum Gasteiger partial charge on any atom is -0.384 e. The highest BCUT2D eigenvalue weighted by Crippen LogP contribution is 2.15. The number of carbonyl (C=O) groups excluding carboxylic acids is 1. The third-order valence-corrected chi connectivity index (χ3v) is 3.00. The highest BCUT2D eigenvalue weighted by Gasteiger charge is 2.13. The number of aliphatic hydroxyl groups excluding tert-OH is 1. The molecule has 1 amide bonds. The van der Waals surface area contributed by atoms with Crippen LogP contribution in [0.2, 0.25) is 0 Å². The second-order valence-electron chi connectivity index (χ2n) is 3.76. The summed E-state index contributed by atoms with van der Waals surface area (Å²) in [6.07, 6.45) is 0. The van der Waals surface area contributed by atoms with Crippen molar-refractivity contribution in [3.8, 4) is 11.8 Å². The number of aliphatic hydroxyl groups is 1. The molecule has 0 saturated carbocycles. The summed E-state index contributed by atoms with van der Waals surface area (Å²) < 4.78 is 17.7. The number of aryl methyl sites for hydroxylation is 1. The molecule has 0 radical (unpaired) electrons. The average molecular weight is 291 g/mol. The molecule has 5 nitrogen and oxygen atoms in total. The van der Waals surface area contributed by atoms with Crippen LogP contribution < -0.4 is 5.32 Å². The fourth-order valence-electron chi connectivity index (χ4n) is 1.43. The van der Waals surface area contributed by atoms with Crippen LogP contribution in [0.1, 0.15) is 21.7 Å². The molecule has 1 aromatic carbocycles. The Bertz CT molecular complexity index is 703. The zero-order valence-corrected chi connectivity index (χ0v) is 11.3. The van der Waals surface area contributed by atoms with Crippen molar-refractivity contribution in [3.05, 3.63) is 41.0 Å². The van der Waals surface area contributed by atoms with Crippen molar-refractivity contribution >= 4 is 22.6 Å². The average Bonchev–Trinajstić information content (AvgIpc) is 2.81. The number of hydrogen-bond donors (Lipinski definition) is 2. The maximum absolute atomic E-state index is 13.8. The summed E-state index contributed by atoms with van der Waals surface area (Å²) in [5.74, 6) is 4.23. The molecule has 7 heteroatoms. The topological polar surface area (TPSA) is 75.1 Å². The molecule has 0 aliphatic rings. The summed E-state index contributed by atoms with van der Waals surface area (Å²) in [6, 6.07) is 3.98. The number of nitrogens with one attached hydrogen (secondary N) is 1. The zero-order chi connectivity index (χ0) is 14.5. The van der Waals surface area contributed by atoms with Crippen LogP contribution in [0.5, 0.6) is 0 Å². The van der Waals surface area contributed by atoms with Crippen molar-refractivity contribution in [2.45, 2.75) is 6.92 Å². The summed E-state index contributed by atoms with van der Waals surface area (Å²) in [7, 11) is 0. The Morgan fingerprint density at radius 3 is 2.95 bits per heavy atom. The zero-order valence-electron chi connectivity index (χ0n) is 10.5. The predicted octanol–water partition coefficient (Wildman–Crippen LogP) is 1.58. The maximum Gasteiger partial charge on any atom is 0.260 e. The predicted molar refractivity (Wildman–Crippen MR) is 73.0 cm³/mol. The van der Waals surface area contributed by atoms with Gasteiger partial charge in [-0.1, -0.05) is 11.8 Å². The number of rotatable bonds is 2. The van der Waals surface area contributed by atoms with Gasteiger partial charge in [0.25, 0.3) is 5.91 Å². The van der Waals surface area contributed by atoms with Gasteiger partial charge in [-0.25, -0.2) is 9.37 Å². The molecule has 2 rings (SSSR count). The van der Waals surface area contributed by atoms with Gasteiger partial charge in [-0.2, -0.15) is 4.37 Å². The molecule has 0 saturated heterocycles. The molecule has 0 spiro atoms. The van der Waals surface area contributed by atoms with Gasteiger partial charge in [-0.15, -0.1) is 0 Å². The lowest BCUT2D eigenvalue weighted by Gasteiger charge is -2.03. The molecule has 0 aliphatic heterocycles. The Labute approximate surface area is 118 Å². The van der Waals surface area contributed by atoms with Crippen LogP contribution in [0.4, 0.5) is 9.52 Å². The summed E-state index contributed by atoms with van der Waals surface area (Å²) in [5.41, 5.74) is 0.285. The van der Waals surface area contributed by atoms with Crippen LogP contribution in [0, 0.1) is 24.6 Å². The number of nitrogens with zero attached hydrogens (tertiary/aromatic N) is 2. The number of amides is 1. The Balaban J connectivity index is 2.18. The van der Waals surface area contributed by atoms with E-state index >= 15 is 0 Å². The van der Waals surface area contributed by atoms with E-state index in [0.717, 1.165) is 17.6 Å². The molecular formula is C13H10FN3O2S. The molecule has 0 atom stereocenters. The van der Waals surface area contributed by atoms with E-state index in [-0.39, 0.29) is 12.2 Å². The summed E-state index contributed by atoms with van der Waals surface area (Å²) >= 11 is 1.03. The van der Waals surface area contributed by atoms with Gasteiger partial charge in [0.15, 0.2) is 0 Å². The molecule has 0 aliphatic carbocycles. The summed E-state index contributed by atoms with van der Waals surface area (Å²) in [6.45, 7) is 1.39. The molecular weight excluding hydrogens is 281 g/mol. The van der Waals surface area contributed by atoms with E-state index < -0.39 is 11.7 Å². The van der Waals surface area contributed by atoms with E-state index in [2.05, 4.69) is 26.5 Å². The second-order valence-corrected chi connectivity index (χ2v) is 4.51. The monoisotopic (exact) mass is 291 g/mol. The van der Waals surface area contributed by atoms with E-state index in [1.165, 1.54) is 12.1 Å². The van der Waals surface area contributed by atoms with Gasteiger partial charge in [0.1, 0.15) is 18.2 Å². The molecule has 0 unspecified atom stereocenters. The number of benzene rings is 1. The van der Waals surface area contributed by atoms with Crippen molar-refractivity contribution in [2.75, 3.05) is 11.9 Å². The summed E-state index contributed by atoms with van der Waals surface area (Å²) in [5, 5.41) is 11.4. The van der Waals surface area contributed by atoms with Crippen LogP contribution in [0.25, 0.3) is 0 Å². The Morgan fingerprint density at radius 2 is 2.35 bits per heavy atom. The van der Waals surface area contributed by atoms with Crippen LogP contribution in [-0.2, 0) is 0 Å². The van der Waals surface area contributed by atoms with Crippen molar-refractivity contribution in [2.24, 2.45) is 0 Å². The van der Waals surface area contributed by atoms with Gasteiger partial charge < -0.3 is 5.11 Å². The van der Waals surface area contributed by atoms with E-state index in [1.54, 1.807) is 6.92 Å². The fourth-order valence-corrected chi connectivity index (χ4v) is 2.00. The van der Waals surface area contributed by atoms with Gasteiger partial charge in [-0.3, -0.25) is 10.1 Å². The Hall–Kier alpha value is -2.30.